The molecular formula is C20H26F2N4O. The van der Waals surface area contributed by atoms with Gasteiger partial charge in [-0.3, -0.25) is 4.99 Å². The average molecular weight is 376 g/mol. The summed E-state index contributed by atoms with van der Waals surface area (Å²) in [6.45, 7) is -0.0995. The summed E-state index contributed by atoms with van der Waals surface area (Å²) in [6.07, 6.45) is 0. The summed E-state index contributed by atoms with van der Waals surface area (Å²) >= 11 is 0. The fraction of sp³-hybridized carbons (Fsp3) is 0.350. The Labute approximate surface area is 159 Å². The van der Waals surface area contributed by atoms with E-state index in [1.54, 1.807) is 25.2 Å². The minimum Gasteiger partial charge on any atom is -0.434 e. The van der Waals surface area contributed by atoms with Crippen LogP contribution in [0, 0.1) is 0 Å². The topological polar surface area (TPSA) is 48.9 Å². The van der Waals surface area contributed by atoms with Gasteiger partial charge < -0.3 is 20.3 Å². The number of likely N-dealkylation sites (N-methyl/N-ethyl adjacent to an activating group) is 1. The number of guanidine groups is 1. The minimum atomic E-state index is -2.84. The molecule has 0 bridgehead atoms. The molecule has 0 amide bonds. The fourth-order valence-corrected chi connectivity index (χ4v) is 2.60. The van der Waals surface area contributed by atoms with E-state index in [2.05, 4.69) is 44.4 Å². The molecule has 146 valence electrons. The lowest BCUT2D eigenvalue weighted by Crippen LogP contribution is -2.40. The molecule has 0 radical (unpaired) electrons. The van der Waals surface area contributed by atoms with Crippen LogP contribution >= 0.6 is 0 Å². The first kappa shape index (κ1) is 20.6. The normalized spacial score (nSPS) is 11.7. The number of nitrogens with zero attached hydrogens (tertiary/aromatic N) is 2. The number of nitrogens with one attached hydrogen (secondary N) is 2. The highest BCUT2D eigenvalue weighted by atomic mass is 19.3. The number of hydrogen-bond donors (Lipinski definition) is 2. The van der Waals surface area contributed by atoms with Crippen molar-refractivity contribution in [1.82, 2.24) is 15.5 Å². The van der Waals surface area contributed by atoms with Crippen LogP contribution in [0.2, 0.25) is 0 Å². The molecule has 0 unspecified atom stereocenters. The molecule has 0 aliphatic carbocycles. The van der Waals surface area contributed by atoms with E-state index in [-0.39, 0.29) is 5.75 Å². The van der Waals surface area contributed by atoms with Crippen molar-refractivity contribution < 1.29 is 13.5 Å². The van der Waals surface area contributed by atoms with Crippen LogP contribution in [-0.4, -0.2) is 44.7 Å². The monoisotopic (exact) mass is 376 g/mol. The third kappa shape index (κ3) is 7.62. The Morgan fingerprint density at radius 2 is 1.78 bits per heavy atom. The van der Waals surface area contributed by atoms with Gasteiger partial charge in [0, 0.05) is 38.8 Å². The van der Waals surface area contributed by atoms with Crippen LogP contribution in [0.4, 0.5) is 8.78 Å². The second-order valence-corrected chi connectivity index (χ2v) is 6.06. The first-order chi connectivity index (χ1) is 13.1. The van der Waals surface area contributed by atoms with Crippen LogP contribution < -0.4 is 15.4 Å². The van der Waals surface area contributed by atoms with Crippen molar-refractivity contribution in [1.29, 1.82) is 0 Å². The number of alkyl halides is 2. The minimum absolute atomic E-state index is 0.165. The zero-order chi connectivity index (χ0) is 19.5. The zero-order valence-electron chi connectivity index (χ0n) is 15.7. The fourth-order valence-electron chi connectivity index (χ4n) is 2.60. The van der Waals surface area contributed by atoms with Crippen LogP contribution in [0.1, 0.15) is 11.1 Å². The molecule has 7 heteroatoms. The smallest absolute Gasteiger partial charge is 0.387 e. The van der Waals surface area contributed by atoms with Gasteiger partial charge >= 0.3 is 6.61 Å². The van der Waals surface area contributed by atoms with E-state index in [4.69, 9.17) is 0 Å². The number of aliphatic imine (C=N–C) groups is 1. The van der Waals surface area contributed by atoms with Gasteiger partial charge in [0.05, 0.1) is 0 Å². The number of halogens is 2. The summed E-state index contributed by atoms with van der Waals surface area (Å²) in [5.74, 6) is 0.771. The Morgan fingerprint density at radius 1 is 1.07 bits per heavy atom. The zero-order valence-corrected chi connectivity index (χ0v) is 15.7. The molecule has 27 heavy (non-hydrogen) atoms. The molecule has 2 aromatic rings. The molecule has 0 saturated heterocycles. The molecule has 0 aromatic heterocycles. The maximum Gasteiger partial charge on any atom is 0.387 e. The Hall–Kier alpha value is -2.67. The average Bonchev–Trinajstić information content (AvgIpc) is 2.66. The summed E-state index contributed by atoms with van der Waals surface area (Å²) in [4.78, 5) is 6.37. The van der Waals surface area contributed by atoms with E-state index in [0.29, 0.717) is 24.6 Å². The third-order valence-corrected chi connectivity index (χ3v) is 3.94. The van der Waals surface area contributed by atoms with E-state index >= 15 is 0 Å². The maximum absolute atomic E-state index is 12.5. The molecule has 2 N–H and O–H groups in total. The molecular weight excluding hydrogens is 350 g/mol. The van der Waals surface area contributed by atoms with Crippen LogP contribution in [0.5, 0.6) is 5.75 Å². The van der Waals surface area contributed by atoms with Crippen molar-refractivity contribution in [3.8, 4) is 5.75 Å². The molecule has 2 aromatic carbocycles. The second kappa shape index (κ2) is 11.1. The van der Waals surface area contributed by atoms with Crippen LogP contribution in [0.15, 0.2) is 59.6 Å². The molecule has 0 atom stereocenters. The summed E-state index contributed by atoms with van der Waals surface area (Å²) < 4.78 is 29.5. The maximum atomic E-state index is 12.5. The number of ether oxygens (including phenoxy) is 1. The van der Waals surface area contributed by atoms with Gasteiger partial charge in [-0.1, -0.05) is 48.5 Å². The Balaban J connectivity index is 1.76. The molecule has 5 nitrogen and oxygen atoms in total. The van der Waals surface area contributed by atoms with Gasteiger partial charge in [-0.15, -0.1) is 0 Å². The lowest BCUT2D eigenvalue weighted by molar-refractivity contribution is -0.0504. The third-order valence-electron chi connectivity index (χ3n) is 3.94. The van der Waals surface area contributed by atoms with Crippen LogP contribution in [0.3, 0.4) is 0 Å². The summed E-state index contributed by atoms with van der Waals surface area (Å²) in [5.41, 5.74) is 1.90. The van der Waals surface area contributed by atoms with E-state index in [9.17, 15) is 8.78 Å². The molecule has 0 spiro atoms. The highest BCUT2D eigenvalue weighted by Crippen LogP contribution is 2.19. The lowest BCUT2D eigenvalue weighted by Gasteiger charge is -2.19. The van der Waals surface area contributed by atoms with Crippen LogP contribution in [0.25, 0.3) is 0 Å². The predicted octanol–water partition coefficient (Wildman–Crippen LogP) is 3.08. The SMILES string of the molecule is CN=C(NCCN(C)Cc1ccccc1)NCc1ccccc1OC(F)F. The molecule has 0 aliphatic heterocycles. The predicted molar refractivity (Wildman–Crippen MR) is 104 cm³/mol. The van der Waals surface area contributed by atoms with Gasteiger partial charge in [0.1, 0.15) is 5.75 Å². The van der Waals surface area contributed by atoms with E-state index < -0.39 is 6.61 Å². The Bertz CT molecular complexity index is 710. The van der Waals surface area contributed by atoms with Gasteiger partial charge in [0.25, 0.3) is 0 Å². The van der Waals surface area contributed by atoms with Gasteiger partial charge in [-0.2, -0.15) is 8.78 Å². The van der Waals surface area contributed by atoms with Crippen molar-refractivity contribution in [3.05, 3.63) is 65.7 Å². The summed E-state index contributed by atoms with van der Waals surface area (Å²) in [6, 6.07) is 17.0. The number of rotatable bonds is 9. The standard InChI is InChI=1S/C20H26F2N4O/c1-23-20(24-12-13-26(2)15-16-8-4-3-5-9-16)25-14-17-10-6-7-11-18(17)27-19(21)22/h3-11,19H,12-15H2,1-2H3,(H2,23,24,25). The summed E-state index contributed by atoms with van der Waals surface area (Å²) in [7, 11) is 3.73. The van der Waals surface area contributed by atoms with E-state index in [0.717, 1.165) is 13.1 Å². The number of benzene rings is 2. The van der Waals surface area contributed by atoms with E-state index in [1.165, 1.54) is 11.6 Å². The second-order valence-electron chi connectivity index (χ2n) is 6.06. The van der Waals surface area contributed by atoms with Gasteiger partial charge in [0.15, 0.2) is 5.96 Å². The largest absolute Gasteiger partial charge is 0.434 e. The molecule has 0 saturated carbocycles. The van der Waals surface area contributed by atoms with Crippen LogP contribution in [-0.2, 0) is 13.1 Å². The molecule has 0 heterocycles. The number of hydrogen-bond acceptors (Lipinski definition) is 3. The first-order valence-electron chi connectivity index (χ1n) is 8.78. The van der Waals surface area contributed by atoms with Crippen molar-refractivity contribution in [2.24, 2.45) is 4.99 Å². The van der Waals surface area contributed by atoms with Crippen molar-refractivity contribution >= 4 is 5.96 Å². The molecule has 0 aliphatic rings. The van der Waals surface area contributed by atoms with Crippen molar-refractivity contribution in [2.45, 2.75) is 19.7 Å². The first-order valence-corrected chi connectivity index (χ1v) is 8.78. The van der Waals surface area contributed by atoms with Gasteiger partial charge in [0.2, 0.25) is 0 Å². The van der Waals surface area contributed by atoms with E-state index in [1.807, 2.05) is 18.2 Å². The molecule has 2 rings (SSSR count). The van der Waals surface area contributed by atoms with Gasteiger partial charge in [-0.25, -0.2) is 0 Å². The Kier molecular flexibility index (Phi) is 8.51. The van der Waals surface area contributed by atoms with Gasteiger partial charge in [-0.05, 0) is 18.7 Å². The Morgan fingerprint density at radius 3 is 2.48 bits per heavy atom. The highest BCUT2D eigenvalue weighted by molar-refractivity contribution is 5.79. The number of para-hydroxylation sites is 1. The quantitative estimate of drug-likeness (QED) is 0.522. The lowest BCUT2D eigenvalue weighted by atomic mass is 10.2. The highest BCUT2D eigenvalue weighted by Gasteiger charge is 2.09. The summed E-state index contributed by atoms with van der Waals surface area (Å²) in [5, 5.41) is 6.34. The molecule has 0 fully saturated rings. The van der Waals surface area contributed by atoms with Crippen molar-refractivity contribution in [2.75, 3.05) is 27.2 Å². The van der Waals surface area contributed by atoms with Crippen molar-refractivity contribution in [3.63, 3.8) is 0 Å².